The van der Waals surface area contributed by atoms with Gasteiger partial charge in [-0.05, 0) is 18.8 Å². The predicted molar refractivity (Wildman–Crippen MR) is 50.5 cm³/mol. The molecular weight excluding hydrogens is 188 g/mol. The van der Waals surface area contributed by atoms with Gasteiger partial charge in [0, 0.05) is 5.33 Å². The zero-order chi connectivity index (χ0) is 6.41. The fourth-order valence-corrected chi connectivity index (χ4v) is 0.953. The Kier molecular flexibility index (Phi) is 13.2. The topological polar surface area (TPSA) is 0 Å². The van der Waals surface area contributed by atoms with Gasteiger partial charge in [-0.15, -0.1) is 0 Å². The number of hydrogen-bond donors (Lipinski definition) is 0. The summed E-state index contributed by atoms with van der Waals surface area (Å²) in [4.78, 5) is 0. The zero-order valence-corrected chi connectivity index (χ0v) is 9.49. The molecule has 54 valence electrons. The summed E-state index contributed by atoms with van der Waals surface area (Å²) in [7, 11) is 0. The molecule has 0 nitrogen and oxygen atoms in total. The molecule has 1 atom stereocenters. The van der Waals surface area contributed by atoms with E-state index in [2.05, 4.69) is 29.8 Å². The molecule has 0 amide bonds. The van der Waals surface area contributed by atoms with Crippen LogP contribution in [0.4, 0.5) is 0 Å². The van der Waals surface area contributed by atoms with Gasteiger partial charge in [-0.2, -0.15) is 0 Å². The zero-order valence-electron chi connectivity index (χ0n) is 8.49. The van der Waals surface area contributed by atoms with Gasteiger partial charge in [-0.1, -0.05) is 36.2 Å². The van der Waals surface area contributed by atoms with Crippen molar-refractivity contribution in [2.75, 3.05) is 5.33 Å². The molecule has 1 unspecified atom stereocenters. The van der Waals surface area contributed by atoms with Gasteiger partial charge >= 0.3 is 23.1 Å². The second-order valence-electron chi connectivity index (χ2n) is 2.34. The van der Waals surface area contributed by atoms with Gasteiger partial charge in [0.05, 0.1) is 0 Å². The summed E-state index contributed by atoms with van der Waals surface area (Å²) in [5, 5.41) is 1.16. The monoisotopic (exact) mass is 204 g/mol. The van der Waals surface area contributed by atoms with E-state index in [0.29, 0.717) is 0 Å². The van der Waals surface area contributed by atoms with Gasteiger partial charge < -0.3 is 2.85 Å². The molecule has 0 rings (SSSR count). The van der Waals surface area contributed by atoms with E-state index in [1.54, 1.807) is 0 Å². The van der Waals surface area contributed by atoms with Crippen LogP contribution in [0.15, 0.2) is 0 Å². The van der Waals surface area contributed by atoms with Gasteiger partial charge in [-0.3, -0.25) is 0 Å². The molecule has 0 aromatic rings. The molecule has 2 heteroatoms. The Morgan fingerprint density at radius 2 is 2.11 bits per heavy atom. The Labute approximate surface area is 86.0 Å². The standard InChI is InChI=1S/C7H15Br.Mg.2H/c1-3-7(2)5-4-6-8;;;/h7H,3-6H2,1-2H3;;;/q;+2;2*-1. The fraction of sp³-hybridized carbons (Fsp3) is 1.00. The molecule has 0 saturated heterocycles. The van der Waals surface area contributed by atoms with Crippen LogP contribution in [0.1, 0.15) is 36.0 Å². The van der Waals surface area contributed by atoms with Crippen LogP contribution < -0.4 is 0 Å². The molecule has 0 N–H and O–H groups in total. The Bertz CT molecular complexity index is 55.7. The van der Waals surface area contributed by atoms with E-state index in [1.807, 2.05) is 0 Å². The van der Waals surface area contributed by atoms with Crippen molar-refractivity contribution in [3.8, 4) is 0 Å². The van der Waals surface area contributed by atoms with Crippen molar-refractivity contribution in [2.45, 2.75) is 33.1 Å². The summed E-state index contributed by atoms with van der Waals surface area (Å²) in [6.07, 6.45) is 4.03. The smallest absolute Gasteiger partial charge is 1.00 e. The van der Waals surface area contributed by atoms with E-state index in [1.165, 1.54) is 19.3 Å². The van der Waals surface area contributed by atoms with E-state index < -0.39 is 0 Å². The minimum absolute atomic E-state index is 0. The average Bonchev–Trinajstić information content (AvgIpc) is 1.83. The Hall–Kier alpha value is 1.25. The first-order valence-corrected chi connectivity index (χ1v) is 4.49. The van der Waals surface area contributed by atoms with Gasteiger partial charge in [-0.25, -0.2) is 0 Å². The fourth-order valence-electron chi connectivity index (χ4n) is 0.630. The molecule has 9 heavy (non-hydrogen) atoms. The van der Waals surface area contributed by atoms with Crippen molar-refractivity contribution in [2.24, 2.45) is 5.92 Å². The summed E-state index contributed by atoms with van der Waals surface area (Å²) < 4.78 is 0. The van der Waals surface area contributed by atoms with Gasteiger partial charge in [0.15, 0.2) is 0 Å². The van der Waals surface area contributed by atoms with Crippen LogP contribution in [0.5, 0.6) is 0 Å². The largest absolute Gasteiger partial charge is 2.00 e. The van der Waals surface area contributed by atoms with Crippen LogP contribution in [-0.4, -0.2) is 28.4 Å². The van der Waals surface area contributed by atoms with E-state index >= 15 is 0 Å². The average molecular weight is 205 g/mol. The summed E-state index contributed by atoms with van der Waals surface area (Å²) in [5.74, 6) is 0.924. The van der Waals surface area contributed by atoms with Crippen molar-refractivity contribution < 1.29 is 2.85 Å². The number of halogens is 1. The van der Waals surface area contributed by atoms with E-state index in [9.17, 15) is 0 Å². The van der Waals surface area contributed by atoms with Crippen LogP contribution in [0.25, 0.3) is 0 Å². The molecule has 0 aromatic carbocycles. The van der Waals surface area contributed by atoms with Crippen molar-refractivity contribution in [1.29, 1.82) is 0 Å². The first kappa shape index (κ1) is 12.9. The van der Waals surface area contributed by atoms with Gasteiger partial charge in [0.1, 0.15) is 0 Å². The minimum Gasteiger partial charge on any atom is -1.00 e. The molecule has 0 radical (unpaired) electrons. The third kappa shape index (κ3) is 9.25. The first-order valence-electron chi connectivity index (χ1n) is 3.37. The van der Waals surface area contributed by atoms with Crippen molar-refractivity contribution in [3.05, 3.63) is 0 Å². The van der Waals surface area contributed by atoms with Crippen LogP contribution in [0.3, 0.4) is 0 Å². The molecule has 0 aliphatic rings. The molecule has 0 saturated carbocycles. The summed E-state index contributed by atoms with van der Waals surface area (Å²) in [6.45, 7) is 4.56. The van der Waals surface area contributed by atoms with Crippen molar-refractivity contribution in [1.82, 2.24) is 0 Å². The first-order chi connectivity index (χ1) is 3.81. The Morgan fingerprint density at radius 3 is 2.44 bits per heavy atom. The molecular formula is C7H17BrMg. The van der Waals surface area contributed by atoms with Crippen LogP contribution in [-0.2, 0) is 0 Å². The van der Waals surface area contributed by atoms with Crippen LogP contribution in [0, 0.1) is 5.92 Å². The molecule has 0 aromatic heterocycles. The molecule has 0 aliphatic carbocycles. The maximum absolute atomic E-state index is 3.41. The third-order valence-corrected chi connectivity index (χ3v) is 2.09. The molecule has 0 spiro atoms. The molecule has 0 aliphatic heterocycles. The number of alkyl halides is 1. The maximum atomic E-state index is 3.41. The van der Waals surface area contributed by atoms with Gasteiger partial charge in [0.25, 0.3) is 0 Å². The normalized spacial score (nSPS) is 12.3. The maximum Gasteiger partial charge on any atom is 2.00 e. The summed E-state index contributed by atoms with van der Waals surface area (Å²) in [6, 6.07) is 0. The van der Waals surface area contributed by atoms with E-state index in [-0.39, 0.29) is 25.9 Å². The second-order valence-corrected chi connectivity index (χ2v) is 3.14. The molecule has 0 fully saturated rings. The number of rotatable bonds is 4. The van der Waals surface area contributed by atoms with Gasteiger partial charge in [0.2, 0.25) is 0 Å². The predicted octanol–water partition coefficient (Wildman–Crippen LogP) is 3.05. The van der Waals surface area contributed by atoms with Crippen molar-refractivity contribution >= 4 is 39.0 Å². The Morgan fingerprint density at radius 1 is 1.56 bits per heavy atom. The Balaban J connectivity index is -0.0000000817. The van der Waals surface area contributed by atoms with Crippen LogP contribution >= 0.6 is 15.9 Å². The SMILES string of the molecule is CCC(C)CCCBr.[H-].[H-].[Mg+2]. The second kappa shape index (κ2) is 9.25. The van der Waals surface area contributed by atoms with Crippen molar-refractivity contribution in [3.63, 3.8) is 0 Å². The van der Waals surface area contributed by atoms with E-state index in [4.69, 9.17) is 0 Å². The minimum atomic E-state index is 0. The summed E-state index contributed by atoms with van der Waals surface area (Å²) in [5.41, 5.74) is 0. The third-order valence-electron chi connectivity index (χ3n) is 1.53. The molecule has 0 heterocycles. The van der Waals surface area contributed by atoms with Crippen LogP contribution in [0.2, 0.25) is 0 Å². The summed E-state index contributed by atoms with van der Waals surface area (Å²) >= 11 is 3.41. The molecule has 0 bridgehead atoms. The van der Waals surface area contributed by atoms with E-state index in [0.717, 1.165) is 11.2 Å². The number of hydrogen-bond acceptors (Lipinski definition) is 0. The quantitative estimate of drug-likeness (QED) is 0.489.